The third-order valence-corrected chi connectivity index (χ3v) is 6.11. The maximum absolute atomic E-state index is 13.1. The monoisotopic (exact) mass is 454 g/mol. The van der Waals surface area contributed by atoms with Crippen LogP contribution in [0.15, 0.2) is 54.0 Å². The number of hydrogen-bond donors (Lipinski definition) is 2. The molecule has 3 aromatic rings. The highest BCUT2D eigenvalue weighted by atomic mass is 32.2. The van der Waals surface area contributed by atoms with Gasteiger partial charge >= 0.3 is 6.18 Å². The van der Waals surface area contributed by atoms with Gasteiger partial charge in [0.25, 0.3) is 16.5 Å². The van der Waals surface area contributed by atoms with Crippen molar-refractivity contribution in [3.05, 3.63) is 60.1 Å². The van der Waals surface area contributed by atoms with Crippen LogP contribution in [-0.2, 0) is 21.0 Å². The van der Waals surface area contributed by atoms with Crippen molar-refractivity contribution in [2.24, 2.45) is 0 Å². The van der Waals surface area contributed by atoms with Crippen LogP contribution in [0.4, 0.5) is 13.2 Å². The Bertz CT molecular complexity index is 1220. The molecule has 1 aliphatic rings. The van der Waals surface area contributed by atoms with Crippen LogP contribution in [0.2, 0.25) is 0 Å². The van der Waals surface area contributed by atoms with Crippen molar-refractivity contribution in [1.82, 2.24) is 19.3 Å². The number of hydrogen-bond acceptors (Lipinski definition) is 6. The molecule has 1 aliphatic heterocycles. The van der Waals surface area contributed by atoms with E-state index < -0.39 is 26.8 Å². The third kappa shape index (κ3) is 4.59. The van der Waals surface area contributed by atoms with E-state index >= 15 is 0 Å². The van der Waals surface area contributed by atoms with Gasteiger partial charge in [-0.25, -0.2) is 8.96 Å². The largest absolute Gasteiger partial charge is 0.483 e. The van der Waals surface area contributed by atoms with E-state index in [1.54, 1.807) is 18.3 Å². The molecule has 0 atom stereocenters. The zero-order valence-electron chi connectivity index (χ0n) is 15.9. The van der Waals surface area contributed by atoms with Gasteiger partial charge in [0.05, 0.1) is 16.6 Å². The second-order valence-corrected chi connectivity index (χ2v) is 8.15. The van der Waals surface area contributed by atoms with Crippen LogP contribution < -0.4 is 5.32 Å². The number of fused-ring (bicyclic) bond motifs is 1. The van der Waals surface area contributed by atoms with Crippen LogP contribution in [-0.4, -0.2) is 47.0 Å². The van der Waals surface area contributed by atoms with Crippen molar-refractivity contribution in [2.75, 3.05) is 13.1 Å². The Morgan fingerprint density at radius 2 is 1.94 bits per heavy atom. The van der Waals surface area contributed by atoms with Crippen LogP contribution in [0.1, 0.15) is 17.5 Å². The van der Waals surface area contributed by atoms with Crippen LogP contribution in [0, 0.1) is 0 Å². The Balaban J connectivity index is 0.000000858. The summed E-state index contributed by atoms with van der Waals surface area (Å²) in [7, 11) is -4.19. The van der Waals surface area contributed by atoms with E-state index in [1.807, 2.05) is 6.08 Å². The number of nitrogens with one attached hydrogen (secondary N) is 1. The molecule has 4 heterocycles. The maximum atomic E-state index is 13.1. The maximum Gasteiger partial charge on any atom is 0.417 e. The lowest BCUT2D eigenvalue weighted by molar-refractivity contribution is -0.137. The second kappa shape index (κ2) is 8.86. The van der Waals surface area contributed by atoms with E-state index in [0.29, 0.717) is 41.8 Å². The van der Waals surface area contributed by atoms with Gasteiger partial charge < -0.3 is 10.4 Å². The molecule has 0 amide bonds. The first-order valence-corrected chi connectivity index (χ1v) is 10.4. The summed E-state index contributed by atoms with van der Waals surface area (Å²) in [5.74, 6) is 0. The van der Waals surface area contributed by atoms with Crippen molar-refractivity contribution in [1.29, 1.82) is 0 Å². The SMILES string of the molecule is O=CO.O=S(=O)(c1ccc(C(F)(F)F)cn1)n1cc(C2=CCNCC2)c2ncccc21. The predicted octanol–water partition coefficient (Wildman–Crippen LogP) is 2.76. The fourth-order valence-electron chi connectivity index (χ4n) is 3.13. The summed E-state index contributed by atoms with van der Waals surface area (Å²) < 4.78 is 65.4. The van der Waals surface area contributed by atoms with Crippen LogP contribution in [0.25, 0.3) is 16.6 Å². The number of nitrogens with zero attached hydrogens (tertiary/aromatic N) is 3. The van der Waals surface area contributed by atoms with Gasteiger partial charge in [-0.1, -0.05) is 6.08 Å². The molecule has 2 N–H and O–H groups in total. The Kier molecular flexibility index (Phi) is 6.41. The highest BCUT2D eigenvalue weighted by molar-refractivity contribution is 7.90. The molecule has 0 spiro atoms. The van der Waals surface area contributed by atoms with E-state index in [-0.39, 0.29) is 6.47 Å². The predicted molar refractivity (Wildman–Crippen MR) is 106 cm³/mol. The first kappa shape index (κ1) is 22.4. The van der Waals surface area contributed by atoms with Crippen molar-refractivity contribution in [3.63, 3.8) is 0 Å². The van der Waals surface area contributed by atoms with E-state index in [2.05, 4.69) is 15.3 Å². The van der Waals surface area contributed by atoms with E-state index in [0.717, 1.165) is 22.2 Å². The topological polar surface area (TPSA) is 114 Å². The summed E-state index contributed by atoms with van der Waals surface area (Å²) in [6.45, 7) is 1.18. The molecule has 0 fully saturated rings. The summed E-state index contributed by atoms with van der Waals surface area (Å²) in [5, 5.41) is 9.61. The molecule has 164 valence electrons. The van der Waals surface area contributed by atoms with Gasteiger partial charge in [0.15, 0.2) is 5.03 Å². The van der Waals surface area contributed by atoms with Gasteiger partial charge in [0.1, 0.15) is 0 Å². The quantitative estimate of drug-likeness (QED) is 0.585. The van der Waals surface area contributed by atoms with Gasteiger partial charge in [-0.2, -0.15) is 21.6 Å². The zero-order chi connectivity index (χ0) is 22.6. The first-order valence-electron chi connectivity index (χ1n) is 8.93. The molecule has 0 saturated heterocycles. The van der Waals surface area contributed by atoms with Crippen molar-refractivity contribution in [3.8, 4) is 0 Å². The minimum Gasteiger partial charge on any atom is -0.483 e. The zero-order valence-corrected chi connectivity index (χ0v) is 16.7. The molecule has 0 radical (unpaired) electrons. The van der Waals surface area contributed by atoms with Crippen LogP contribution in [0.3, 0.4) is 0 Å². The minimum absolute atomic E-state index is 0.250. The smallest absolute Gasteiger partial charge is 0.417 e. The van der Waals surface area contributed by atoms with E-state index in [1.165, 1.54) is 6.20 Å². The average Bonchev–Trinajstić information content (AvgIpc) is 3.15. The minimum atomic E-state index is -4.59. The summed E-state index contributed by atoms with van der Waals surface area (Å²) in [4.78, 5) is 16.2. The number of aromatic nitrogens is 3. The molecule has 4 rings (SSSR count). The van der Waals surface area contributed by atoms with Gasteiger partial charge in [-0.3, -0.25) is 9.78 Å². The van der Waals surface area contributed by atoms with Crippen molar-refractivity contribution < 1.29 is 31.5 Å². The number of alkyl halides is 3. The number of carbonyl (C=O) groups is 1. The molecule has 0 aromatic carbocycles. The third-order valence-electron chi connectivity index (χ3n) is 4.52. The molecular formula is C19H17F3N4O4S. The van der Waals surface area contributed by atoms with Gasteiger partial charge in [-0.15, -0.1) is 0 Å². The summed E-state index contributed by atoms with van der Waals surface area (Å²) in [5.41, 5.74) is 1.51. The standard InChI is InChI=1S/C18H15F3N4O2S.CH2O2/c19-18(20,21)13-3-4-16(24-10-13)28(26,27)25-11-14(12-5-8-22-9-6-12)17-15(25)2-1-7-23-17;2-1-3/h1-5,7,10-11,22H,6,8-9H2;1H,(H,2,3). The summed E-state index contributed by atoms with van der Waals surface area (Å²) >= 11 is 0. The molecule has 3 aromatic heterocycles. The lowest BCUT2D eigenvalue weighted by Crippen LogP contribution is -2.20. The first-order chi connectivity index (χ1) is 14.7. The van der Waals surface area contributed by atoms with Gasteiger partial charge in [0, 0.05) is 30.7 Å². The van der Waals surface area contributed by atoms with Gasteiger partial charge in [0.2, 0.25) is 0 Å². The Morgan fingerprint density at radius 1 is 1.19 bits per heavy atom. The molecule has 0 unspecified atom stereocenters. The molecule has 12 heteroatoms. The molecule has 0 bridgehead atoms. The van der Waals surface area contributed by atoms with Crippen LogP contribution >= 0.6 is 0 Å². The van der Waals surface area contributed by atoms with Crippen molar-refractivity contribution in [2.45, 2.75) is 17.6 Å². The van der Waals surface area contributed by atoms with Crippen molar-refractivity contribution >= 4 is 33.1 Å². The lowest BCUT2D eigenvalue weighted by atomic mass is 10.0. The van der Waals surface area contributed by atoms with E-state index in [4.69, 9.17) is 9.90 Å². The highest BCUT2D eigenvalue weighted by Crippen LogP contribution is 2.32. The lowest BCUT2D eigenvalue weighted by Gasteiger charge is -2.12. The number of halogens is 3. The molecule has 8 nitrogen and oxygen atoms in total. The Morgan fingerprint density at radius 3 is 2.52 bits per heavy atom. The molecule has 0 aliphatic carbocycles. The number of rotatable bonds is 3. The number of carboxylic acid groups (broad SMARTS) is 1. The molecule has 31 heavy (non-hydrogen) atoms. The van der Waals surface area contributed by atoms with E-state index in [9.17, 15) is 21.6 Å². The summed E-state index contributed by atoms with van der Waals surface area (Å²) in [6.07, 6.45) is 1.65. The average molecular weight is 454 g/mol. The Hall–Kier alpha value is -3.25. The number of pyridine rings is 2. The second-order valence-electron chi connectivity index (χ2n) is 6.39. The highest BCUT2D eigenvalue weighted by Gasteiger charge is 2.32. The fraction of sp³-hybridized carbons (Fsp3) is 0.211. The normalized spacial score (nSPS) is 14.5. The van der Waals surface area contributed by atoms with Gasteiger partial charge in [-0.05, 0) is 42.8 Å². The summed E-state index contributed by atoms with van der Waals surface area (Å²) in [6, 6.07) is 4.79. The molecule has 0 saturated carbocycles. The fourth-order valence-corrected chi connectivity index (χ4v) is 4.41. The Labute approximate surface area is 175 Å². The molecular weight excluding hydrogens is 437 g/mol. The van der Waals surface area contributed by atoms with Crippen LogP contribution in [0.5, 0.6) is 0 Å².